The molecule has 0 bridgehead atoms. The van der Waals surface area contributed by atoms with Gasteiger partial charge in [0.25, 0.3) is 0 Å². The summed E-state index contributed by atoms with van der Waals surface area (Å²) in [4.78, 5) is 0. The Bertz CT molecular complexity index is 236. The summed E-state index contributed by atoms with van der Waals surface area (Å²) in [6.07, 6.45) is 17.0. The second-order valence-corrected chi connectivity index (χ2v) is 5.91. The van der Waals surface area contributed by atoms with E-state index >= 15 is 0 Å². The predicted octanol–water partition coefficient (Wildman–Crippen LogP) is 5.85. The number of hydrogen-bond donors (Lipinski definition) is 1. The van der Waals surface area contributed by atoms with Gasteiger partial charge in [-0.2, -0.15) is 0 Å². The average molecular weight is 280 g/mol. The van der Waals surface area contributed by atoms with Crippen molar-refractivity contribution in [3.63, 3.8) is 0 Å². The lowest BCUT2D eigenvalue weighted by Crippen LogP contribution is -2.02. The molecule has 1 heteroatoms. The van der Waals surface area contributed by atoms with E-state index < -0.39 is 0 Å². The molecule has 0 saturated heterocycles. The molecule has 0 radical (unpaired) electrons. The van der Waals surface area contributed by atoms with Crippen LogP contribution in [0.4, 0.5) is 0 Å². The highest BCUT2D eigenvalue weighted by atomic mass is 16.3. The van der Waals surface area contributed by atoms with Gasteiger partial charge >= 0.3 is 0 Å². The zero-order chi connectivity index (χ0) is 14.9. The third kappa shape index (κ3) is 15.6. The van der Waals surface area contributed by atoms with Crippen LogP contribution in [0.3, 0.4) is 0 Å². The maximum Gasteiger partial charge on any atom is 0.114 e. The molecule has 1 unspecified atom stereocenters. The van der Waals surface area contributed by atoms with E-state index in [1.807, 2.05) is 0 Å². The van der Waals surface area contributed by atoms with Gasteiger partial charge in [0.1, 0.15) is 6.10 Å². The lowest BCUT2D eigenvalue weighted by molar-refractivity contribution is 0.217. The summed E-state index contributed by atoms with van der Waals surface area (Å²) in [5.41, 5.74) is 0. The fraction of sp³-hybridized carbons (Fsp3) is 0.895. The highest BCUT2D eigenvalue weighted by molar-refractivity contribution is 5.04. The first kappa shape index (κ1) is 19.5. The summed E-state index contributed by atoms with van der Waals surface area (Å²) in [5, 5.41) is 9.76. The van der Waals surface area contributed by atoms with E-state index in [4.69, 9.17) is 0 Å². The van der Waals surface area contributed by atoms with Crippen LogP contribution in [0.15, 0.2) is 0 Å². The fourth-order valence-electron chi connectivity index (χ4n) is 2.37. The molecule has 1 nitrogen and oxygen atoms in total. The van der Waals surface area contributed by atoms with Crippen LogP contribution < -0.4 is 0 Å². The summed E-state index contributed by atoms with van der Waals surface area (Å²) >= 11 is 0. The summed E-state index contributed by atoms with van der Waals surface area (Å²) in [5.74, 6) is 6.12. The van der Waals surface area contributed by atoms with Crippen molar-refractivity contribution in [1.29, 1.82) is 0 Å². The molecule has 0 aliphatic carbocycles. The van der Waals surface area contributed by atoms with Crippen LogP contribution in [0.2, 0.25) is 0 Å². The fourth-order valence-corrected chi connectivity index (χ4v) is 2.37. The van der Waals surface area contributed by atoms with Crippen molar-refractivity contribution in [2.75, 3.05) is 0 Å². The largest absolute Gasteiger partial charge is 0.380 e. The van der Waals surface area contributed by atoms with E-state index in [0.29, 0.717) is 0 Å². The SMILES string of the molecule is CCCCCCCC#CC(O)CCCCCCCCC. The van der Waals surface area contributed by atoms with E-state index in [-0.39, 0.29) is 6.10 Å². The molecule has 0 aliphatic heterocycles. The Labute approximate surface area is 127 Å². The zero-order valence-corrected chi connectivity index (χ0v) is 13.9. The number of aliphatic hydroxyl groups excluding tert-OH is 1. The molecule has 1 N–H and O–H groups in total. The maximum atomic E-state index is 9.76. The van der Waals surface area contributed by atoms with Crippen LogP contribution >= 0.6 is 0 Å². The Morgan fingerprint density at radius 1 is 0.700 bits per heavy atom. The van der Waals surface area contributed by atoms with Crippen LogP contribution in [0, 0.1) is 11.8 Å². The van der Waals surface area contributed by atoms with Crippen molar-refractivity contribution in [2.24, 2.45) is 0 Å². The summed E-state index contributed by atoms with van der Waals surface area (Å²) in [6.45, 7) is 4.48. The Hall–Kier alpha value is -0.480. The van der Waals surface area contributed by atoms with Gasteiger partial charge in [0.05, 0.1) is 0 Å². The molecule has 0 spiro atoms. The Kier molecular flexibility index (Phi) is 16.2. The third-order valence-electron chi connectivity index (χ3n) is 3.76. The van der Waals surface area contributed by atoms with E-state index in [0.717, 1.165) is 19.3 Å². The van der Waals surface area contributed by atoms with Crippen LogP contribution in [0.25, 0.3) is 0 Å². The molecular formula is C19H36O. The normalized spacial score (nSPS) is 11.9. The minimum atomic E-state index is -0.388. The van der Waals surface area contributed by atoms with Gasteiger partial charge < -0.3 is 5.11 Å². The van der Waals surface area contributed by atoms with Crippen molar-refractivity contribution in [1.82, 2.24) is 0 Å². The van der Waals surface area contributed by atoms with Gasteiger partial charge in [-0.3, -0.25) is 0 Å². The predicted molar refractivity (Wildman–Crippen MR) is 89.8 cm³/mol. The number of hydrogen-bond acceptors (Lipinski definition) is 1. The molecule has 20 heavy (non-hydrogen) atoms. The van der Waals surface area contributed by atoms with E-state index in [1.54, 1.807) is 0 Å². The monoisotopic (exact) mass is 280 g/mol. The average Bonchev–Trinajstić information content (AvgIpc) is 2.45. The van der Waals surface area contributed by atoms with E-state index in [1.165, 1.54) is 70.6 Å². The van der Waals surface area contributed by atoms with Crippen LogP contribution in [0.5, 0.6) is 0 Å². The molecule has 0 aromatic rings. The molecule has 0 rings (SSSR count). The maximum absolute atomic E-state index is 9.76. The summed E-state index contributed by atoms with van der Waals surface area (Å²) in [6, 6.07) is 0. The standard InChI is InChI=1S/C19H36O/c1-3-5-7-9-11-13-15-17-19(20)18-16-14-12-10-8-6-4-2/h19-20H,3-15,17H2,1-2H3. The van der Waals surface area contributed by atoms with Gasteiger partial charge in [-0.15, -0.1) is 5.92 Å². The lowest BCUT2D eigenvalue weighted by atomic mass is 10.1. The van der Waals surface area contributed by atoms with Crippen molar-refractivity contribution < 1.29 is 5.11 Å². The molecule has 1 atom stereocenters. The number of rotatable bonds is 13. The lowest BCUT2D eigenvalue weighted by Gasteiger charge is -2.03. The van der Waals surface area contributed by atoms with Crippen molar-refractivity contribution in [2.45, 2.75) is 110 Å². The minimum Gasteiger partial charge on any atom is -0.380 e. The van der Waals surface area contributed by atoms with Crippen LogP contribution in [-0.4, -0.2) is 11.2 Å². The first-order chi connectivity index (χ1) is 9.81. The molecule has 0 saturated carbocycles. The summed E-state index contributed by atoms with van der Waals surface area (Å²) in [7, 11) is 0. The highest BCUT2D eigenvalue weighted by Crippen LogP contribution is 2.09. The second kappa shape index (κ2) is 16.6. The smallest absolute Gasteiger partial charge is 0.114 e. The first-order valence-corrected chi connectivity index (χ1v) is 8.97. The van der Waals surface area contributed by atoms with Crippen LogP contribution in [-0.2, 0) is 0 Å². The van der Waals surface area contributed by atoms with Gasteiger partial charge in [-0.05, 0) is 19.3 Å². The molecule has 0 amide bonds. The third-order valence-corrected chi connectivity index (χ3v) is 3.76. The summed E-state index contributed by atoms with van der Waals surface area (Å²) < 4.78 is 0. The Morgan fingerprint density at radius 2 is 1.20 bits per heavy atom. The van der Waals surface area contributed by atoms with Gasteiger partial charge in [0.15, 0.2) is 0 Å². The molecule has 118 valence electrons. The van der Waals surface area contributed by atoms with Crippen molar-refractivity contribution in [3.8, 4) is 11.8 Å². The Balaban J connectivity index is 3.29. The molecular weight excluding hydrogens is 244 g/mol. The van der Waals surface area contributed by atoms with Crippen molar-refractivity contribution in [3.05, 3.63) is 0 Å². The second-order valence-electron chi connectivity index (χ2n) is 5.91. The minimum absolute atomic E-state index is 0.388. The molecule has 0 aliphatic rings. The molecule has 0 heterocycles. The quantitative estimate of drug-likeness (QED) is 0.331. The van der Waals surface area contributed by atoms with E-state index in [9.17, 15) is 5.11 Å². The molecule has 0 aromatic heterocycles. The topological polar surface area (TPSA) is 20.2 Å². The Morgan fingerprint density at radius 3 is 1.80 bits per heavy atom. The van der Waals surface area contributed by atoms with Gasteiger partial charge in [0.2, 0.25) is 0 Å². The van der Waals surface area contributed by atoms with E-state index in [2.05, 4.69) is 25.7 Å². The van der Waals surface area contributed by atoms with Gasteiger partial charge in [-0.25, -0.2) is 0 Å². The number of aliphatic hydroxyl groups is 1. The number of unbranched alkanes of at least 4 members (excludes halogenated alkanes) is 11. The zero-order valence-electron chi connectivity index (χ0n) is 13.9. The van der Waals surface area contributed by atoms with Gasteiger partial charge in [0, 0.05) is 6.42 Å². The van der Waals surface area contributed by atoms with Gasteiger partial charge in [-0.1, -0.05) is 84.0 Å². The molecule has 0 aromatic carbocycles. The first-order valence-electron chi connectivity index (χ1n) is 8.97. The van der Waals surface area contributed by atoms with Crippen molar-refractivity contribution >= 4 is 0 Å². The highest BCUT2D eigenvalue weighted by Gasteiger charge is 1.98. The van der Waals surface area contributed by atoms with Crippen LogP contribution in [0.1, 0.15) is 104 Å². The molecule has 0 fully saturated rings.